The predicted molar refractivity (Wildman–Crippen MR) is 171 cm³/mol. The number of fused-ring (bicyclic) bond motifs is 1. The fourth-order valence-electron chi connectivity index (χ4n) is 6.00. The first-order valence-electron chi connectivity index (χ1n) is 15.4. The highest BCUT2D eigenvalue weighted by atomic mass is 32.2. The molecule has 2 heterocycles. The Morgan fingerprint density at radius 2 is 1.67 bits per heavy atom. The number of rotatable bonds is 10. The maximum Gasteiger partial charge on any atom is 0.416 e. The first kappa shape index (κ1) is 36.2. The van der Waals surface area contributed by atoms with Crippen LogP contribution in [0.4, 0.5) is 26.3 Å². The second-order valence-corrected chi connectivity index (χ2v) is 13.9. The molecule has 1 atom stereocenters. The minimum absolute atomic E-state index is 0.00360. The number of benzene rings is 3. The van der Waals surface area contributed by atoms with Crippen molar-refractivity contribution < 1.29 is 44.7 Å². The van der Waals surface area contributed by atoms with Crippen molar-refractivity contribution in [1.82, 2.24) is 20.5 Å². The van der Waals surface area contributed by atoms with Crippen LogP contribution in [0.1, 0.15) is 45.9 Å². The summed E-state index contributed by atoms with van der Waals surface area (Å²) in [5, 5.41) is 14.4. The lowest BCUT2D eigenvalue weighted by Gasteiger charge is -2.33. The number of piperidine rings is 1. The van der Waals surface area contributed by atoms with Crippen molar-refractivity contribution in [3.8, 4) is 11.3 Å². The molecule has 1 saturated heterocycles. The van der Waals surface area contributed by atoms with Gasteiger partial charge in [-0.15, -0.1) is 0 Å². The maximum atomic E-state index is 14.5. The summed E-state index contributed by atoms with van der Waals surface area (Å²) in [4.78, 5) is 20.6. The van der Waals surface area contributed by atoms with Gasteiger partial charge in [-0.2, -0.15) is 26.3 Å². The smallest absolute Gasteiger partial charge is 0.395 e. The highest BCUT2D eigenvalue weighted by Crippen LogP contribution is 2.38. The van der Waals surface area contributed by atoms with E-state index in [0.717, 1.165) is 24.5 Å². The van der Waals surface area contributed by atoms with Gasteiger partial charge in [0.15, 0.2) is 15.9 Å². The maximum absolute atomic E-state index is 14.5. The Kier molecular flexibility index (Phi) is 10.7. The van der Waals surface area contributed by atoms with Crippen LogP contribution >= 0.6 is 0 Å². The molecule has 5 rings (SSSR count). The third kappa shape index (κ3) is 8.58. The zero-order valence-electron chi connectivity index (χ0n) is 26.3. The first-order chi connectivity index (χ1) is 23.1. The third-order valence-corrected chi connectivity index (χ3v) is 9.54. The lowest BCUT2D eigenvalue weighted by molar-refractivity contribution is -0.155. The summed E-state index contributed by atoms with van der Waals surface area (Å²) in [7, 11) is -3.86. The Morgan fingerprint density at radius 3 is 2.29 bits per heavy atom. The molecule has 1 aliphatic heterocycles. The number of halogens is 6. The van der Waals surface area contributed by atoms with Crippen molar-refractivity contribution in [2.45, 2.75) is 48.7 Å². The van der Waals surface area contributed by atoms with Crippen molar-refractivity contribution in [2.24, 2.45) is 0 Å². The molecule has 4 aromatic rings. The van der Waals surface area contributed by atoms with Gasteiger partial charge in [0, 0.05) is 41.9 Å². The second-order valence-electron chi connectivity index (χ2n) is 11.9. The van der Waals surface area contributed by atoms with Crippen molar-refractivity contribution in [3.63, 3.8) is 0 Å². The van der Waals surface area contributed by atoms with Crippen molar-refractivity contribution >= 4 is 26.6 Å². The minimum Gasteiger partial charge on any atom is -0.395 e. The van der Waals surface area contributed by atoms with E-state index in [9.17, 15) is 44.7 Å². The molecule has 8 nitrogen and oxygen atoms in total. The van der Waals surface area contributed by atoms with Crippen LogP contribution in [0, 0.1) is 0 Å². The largest absolute Gasteiger partial charge is 0.416 e. The van der Waals surface area contributed by atoms with Gasteiger partial charge < -0.3 is 15.7 Å². The number of alkyl halides is 6. The van der Waals surface area contributed by atoms with E-state index in [2.05, 4.69) is 15.6 Å². The molecule has 0 radical (unpaired) electrons. The molecule has 3 aromatic carbocycles. The fraction of sp³-hybridized carbons (Fsp3) is 0.353. The number of hydrogen-bond acceptors (Lipinski definition) is 7. The van der Waals surface area contributed by atoms with Crippen LogP contribution in [-0.4, -0.2) is 74.0 Å². The first-order valence-corrected chi connectivity index (χ1v) is 17.3. The van der Waals surface area contributed by atoms with E-state index in [1.54, 1.807) is 0 Å². The molecule has 49 heavy (non-hydrogen) atoms. The Labute approximate surface area is 279 Å². The molecule has 15 heteroatoms. The van der Waals surface area contributed by atoms with E-state index in [4.69, 9.17) is 0 Å². The average Bonchev–Trinajstić information content (AvgIpc) is 3.05. The summed E-state index contributed by atoms with van der Waals surface area (Å²) in [6.07, 6.45) is -7.50. The third-order valence-electron chi connectivity index (χ3n) is 8.43. The number of pyridine rings is 1. The predicted octanol–water partition coefficient (Wildman–Crippen LogP) is 5.90. The van der Waals surface area contributed by atoms with E-state index in [1.165, 1.54) is 54.6 Å². The van der Waals surface area contributed by atoms with Gasteiger partial charge in [-0.25, -0.2) is 13.4 Å². The number of carbonyl (C=O) groups is 1. The van der Waals surface area contributed by atoms with Crippen LogP contribution in [0.15, 0.2) is 77.7 Å². The lowest BCUT2D eigenvalue weighted by atomic mass is 9.93. The molecule has 0 spiro atoms. The van der Waals surface area contributed by atoms with Crippen molar-refractivity contribution in [3.05, 3.63) is 95.1 Å². The second kappa shape index (κ2) is 14.4. The zero-order chi connectivity index (χ0) is 35.6. The molecule has 0 unspecified atom stereocenters. The number of aliphatic hydroxyl groups is 1. The van der Waals surface area contributed by atoms with Crippen LogP contribution in [0.25, 0.3) is 22.2 Å². The number of likely N-dealkylation sites (tertiary alicyclic amines) is 1. The Bertz CT molecular complexity index is 1910. The monoisotopic (exact) mass is 708 g/mol. The average molecular weight is 709 g/mol. The summed E-state index contributed by atoms with van der Waals surface area (Å²) in [5.41, 5.74) is -1.60. The zero-order valence-corrected chi connectivity index (χ0v) is 27.1. The number of carbonyl (C=O) groups excluding carboxylic acids is 1. The van der Waals surface area contributed by atoms with Gasteiger partial charge in [-0.1, -0.05) is 42.5 Å². The van der Waals surface area contributed by atoms with E-state index < -0.39 is 39.7 Å². The minimum atomic E-state index is -4.94. The van der Waals surface area contributed by atoms with Crippen LogP contribution in [0.2, 0.25) is 0 Å². The van der Waals surface area contributed by atoms with Crippen LogP contribution in [0.5, 0.6) is 0 Å². The van der Waals surface area contributed by atoms with Crippen LogP contribution in [-0.2, 0) is 22.6 Å². The molecular weight excluding hydrogens is 674 g/mol. The van der Waals surface area contributed by atoms with Gasteiger partial charge in [0.05, 0.1) is 33.8 Å². The number of aliphatic hydroxyl groups excluding tert-OH is 1. The number of hydrogen-bond donors (Lipinski definition) is 3. The molecule has 262 valence electrons. The van der Waals surface area contributed by atoms with Gasteiger partial charge in [0.25, 0.3) is 5.91 Å². The molecule has 1 aromatic heterocycles. The van der Waals surface area contributed by atoms with E-state index in [1.807, 2.05) is 4.90 Å². The van der Waals surface area contributed by atoms with Gasteiger partial charge in [-0.3, -0.25) is 9.69 Å². The number of amides is 1. The fourth-order valence-corrected chi connectivity index (χ4v) is 6.64. The summed E-state index contributed by atoms with van der Waals surface area (Å²) in [6.45, 7) is 1.13. The Hall–Kier alpha value is -4.05. The molecule has 1 fully saturated rings. The Morgan fingerprint density at radius 1 is 0.980 bits per heavy atom. The topological polar surface area (TPSA) is 112 Å². The molecule has 1 aliphatic rings. The summed E-state index contributed by atoms with van der Waals surface area (Å²) < 4.78 is 110. The highest BCUT2D eigenvalue weighted by Gasteiger charge is 2.42. The van der Waals surface area contributed by atoms with Crippen LogP contribution < -0.4 is 10.6 Å². The van der Waals surface area contributed by atoms with Gasteiger partial charge in [0.2, 0.25) is 0 Å². The standard InChI is InChI=1S/C34H34F6N4O4S/c1-49(47,48)25-10-11-28-26(19-25)29(32(46)43-31(34(38,39)40)21-6-3-2-4-7-21)27(20-44-15-12-24(13-16-44)41-14-17-45)30(42-28)22-8-5-9-23(18-22)33(35,36)37/h2-11,18-19,24,31,41,45H,12-17,20H2,1H3,(H,43,46)/t31-/m1/s1. The Balaban J connectivity index is 1.73. The molecule has 1 amide bonds. The quantitative estimate of drug-likeness (QED) is 0.176. The van der Waals surface area contributed by atoms with Crippen molar-refractivity contribution in [1.29, 1.82) is 0 Å². The molecule has 3 N–H and O–H groups in total. The molecule has 0 saturated carbocycles. The number of sulfone groups is 1. The summed E-state index contributed by atoms with van der Waals surface area (Å²) in [5.74, 6) is -1.20. The molecular formula is C34H34F6N4O4S. The van der Waals surface area contributed by atoms with Gasteiger partial charge in [0.1, 0.15) is 0 Å². The van der Waals surface area contributed by atoms with Crippen molar-refractivity contribution in [2.75, 3.05) is 32.5 Å². The highest BCUT2D eigenvalue weighted by molar-refractivity contribution is 7.90. The van der Waals surface area contributed by atoms with Gasteiger partial charge in [-0.05, 0) is 61.8 Å². The number of nitrogens with one attached hydrogen (secondary N) is 2. The number of aromatic nitrogens is 1. The molecule has 0 aliphatic carbocycles. The number of nitrogens with zero attached hydrogens (tertiary/aromatic N) is 2. The lowest BCUT2D eigenvalue weighted by Crippen LogP contribution is -2.43. The summed E-state index contributed by atoms with van der Waals surface area (Å²) in [6, 6.07) is 12.2. The van der Waals surface area contributed by atoms with Gasteiger partial charge >= 0.3 is 12.4 Å². The van der Waals surface area contributed by atoms with E-state index in [0.29, 0.717) is 32.5 Å². The SMILES string of the molecule is CS(=O)(=O)c1ccc2nc(-c3cccc(C(F)(F)F)c3)c(CN3CCC(NCCO)CC3)c(C(=O)N[C@H](c3ccccc3)C(F)(F)F)c2c1. The van der Waals surface area contributed by atoms with Crippen LogP contribution in [0.3, 0.4) is 0 Å². The normalized spacial score (nSPS) is 15.8. The van der Waals surface area contributed by atoms with E-state index in [-0.39, 0.29) is 62.9 Å². The summed E-state index contributed by atoms with van der Waals surface area (Å²) >= 11 is 0. The molecule has 0 bridgehead atoms. The van der Waals surface area contributed by atoms with E-state index >= 15 is 0 Å².